The molecule has 0 N–H and O–H groups in total. The Morgan fingerprint density at radius 2 is 0.279 bits per heavy atom. The van der Waals surface area contributed by atoms with Crippen LogP contribution in [0.2, 0.25) is 0 Å². The summed E-state index contributed by atoms with van der Waals surface area (Å²) in [6.07, 6.45) is 16.8. The third-order valence-electron chi connectivity index (χ3n) is 4.98. The summed E-state index contributed by atoms with van der Waals surface area (Å²) in [5, 5.41) is 0. The van der Waals surface area contributed by atoms with Crippen LogP contribution in [0.5, 0.6) is 0 Å². The Balaban J connectivity index is -0.00000000512. The predicted molar refractivity (Wildman–Crippen MR) is 390 cm³/mol. The summed E-state index contributed by atoms with van der Waals surface area (Å²) in [5.74, 6) is 3.30. The molecule has 0 aromatic carbocycles. The van der Waals surface area contributed by atoms with E-state index in [0.29, 0.717) is 0 Å². The van der Waals surface area contributed by atoms with Gasteiger partial charge in [0.05, 0.1) is 0 Å². The number of hydrogen-bond donors (Lipinski definition) is 0. The third kappa shape index (κ3) is 412. The minimum Gasteiger partial charge on any atom is -0.0776 e. The number of rotatable bonds is 3. The molecule has 2 aliphatic carbocycles. The van der Waals surface area contributed by atoms with Crippen molar-refractivity contribution in [3.63, 3.8) is 0 Å². The average molecular weight is 1030 g/mol. The van der Waals surface area contributed by atoms with Crippen LogP contribution in [-0.2, 0) is 0 Å². The first-order valence-corrected chi connectivity index (χ1v) is 23.4. The van der Waals surface area contributed by atoms with E-state index in [-0.39, 0.29) is 156 Å². The lowest BCUT2D eigenvalue weighted by Crippen LogP contribution is -2.26. The fourth-order valence-corrected chi connectivity index (χ4v) is 4.18. The van der Waals surface area contributed by atoms with Gasteiger partial charge in [0.25, 0.3) is 0 Å². The van der Waals surface area contributed by atoms with Crippen LogP contribution in [0, 0.1) is 17.8 Å². The Hall–Kier alpha value is 0. The fraction of sp³-hybridized carbons (Fsp3) is 1.00. The molecule has 0 aromatic rings. The Bertz CT molecular complexity index is 143. The van der Waals surface area contributed by atoms with Crippen molar-refractivity contribution in [2.24, 2.45) is 17.8 Å². The minimum atomic E-state index is 0. The second-order valence-corrected chi connectivity index (χ2v) is 5.87. The maximum absolute atomic E-state index is 2.44. The van der Waals surface area contributed by atoms with E-state index >= 15 is 0 Å². The lowest BCUT2D eigenvalue weighted by atomic mass is 9.69. The molecule has 0 heterocycles. The molecule has 2 rings (SSSR count). The highest BCUT2D eigenvalue weighted by Gasteiger charge is 2.29. The first kappa shape index (κ1) is 298. The van der Waals surface area contributed by atoms with Gasteiger partial charge in [0.15, 0.2) is 0 Å². The van der Waals surface area contributed by atoms with Crippen molar-refractivity contribution in [2.75, 3.05) is 0 Å². The van der Waals surface area contributed by atoms with Crippen molar-refractivity contribution in [2.45, 2.75) is 455 Å². The van der Waals surface area contributed by atoms with Crippen molar-refractivity contribution < 1.29 is 0 Å². The lowest BCUT2D eigenvalue weighted by Gasteiger charge is -2.37. The molecule has 0 nitrogen and oxygen atoms in total. The monoisotopic (exact) mass is 1030 g/mol. The predicted octanol–water partition coefficient (Wildman–Crippen LogP) is 35.0. The van der Waals surface area contributed by atoms with E-state index in [9.17, 15) is 0 Å². The van der Waals surface area contributed by atoms with Crippen LogP contribution in [0.15, 0.2) is 0 Å². The van der Waals surface area contributed by atoms with E-state index in [2.05, 4.69) is 6.92 Å². The molecule has 0 aromatic heterocycles. The molecule has 68 heavy (non-hydrogen) atoms. The van der Waals surface area contributed by atoms with Crippen LogP contribution in [0.4, 0.5) is 0 Å². The second-order valence-electron chi connectivity index (χ2n) is 5.87. The van der Waals surface area contributed by atoms with Gasteiger partial charge in [0.2, 0.25) is 0 Å². The highest BCUT2D eigenvalue weighted by atomic mass is 14.3. The molecule has 0 atom stereocenters. The normalized spacial score (nSPS) is 7.15. The van der Waals surface area contributed by atoms with Crippen molar-refractivity contribution in [3.05, 3.63) is 0 Å². The summed E-state index contributed by atoms with van der Waals surface area (Å²) in [5.41, 5.74) is 0. The van der Waals surface area contributed by atoms with Crippen LogP contribution in [0.25, 0.3) is 0 Å². The standard InChI is InChI=1S/C15H28.16C2H6.21CH4/c1-2-15(13-9-5-3-6-10-13)14-11-7-4-8-12-14;16*1-2;;;;;;;;;;;;;;;;;;;;;/h13-15H,2-12H2,1H3;16*1-2H3;21*1H4. The van der Waals surface area contributed by atoms with Crippen molar-refractivity contribution in [1.82, 2.24) is 0 Å². The Kier molecular flexibility index (Phi) is 3200. The van der Waals surface area contributed by atoms with Gasteiger partial charge in [-0.05, 0) is 17.8 Å². The first-order valence-electron chi connectivity index (χ1n) is 23.4. The molecule has 0 saturated heterocycles. The van der Waals surface area contributed by atoms with Gasteiger partial charge in [0, 0.05) is 0 Å². The smallest absolute Gasteiger partial charge is 0.0360 e. The molecule has 0 amide bonds. The van der Waals surface area contributed by atoms with Crippen LogP contribution < -0.4 is 0 Å². The molecule has 2 saturated carbocycles. The summed E-state index contributed by atoms with van der Waals surface area (Å²) in [6.45, 7) is 66.4. The van der Waals surface area contributed by atoms with Crippen LogP contribution >= 0.6 is 0 Å². The first-order chi connectivity index (χ1) is 23.4. The zero-order valence-corrected chi connectivity index (χ0v) is 42.5. The highest BCUT2D eigenvalue weighted by molar-refractivity contribution is 4.80. The molecule has 2 fully saturated rings. The molecular formula is C68H208. The van der Waals surface area contributed by atoms with Gasteiger partial charge < -0.3 is 0 Å². The van der Waals surface area contributed by atoms with Gasteiger partial charge in [-0.2, -0.15) is 0 Å². The van der Waals surface area contributed by atoms with Crippen molar-refractivity contribution in [3.8, 4) is 0 Å². The number of hydrogen-bond acceptors (Lipinski definition) is 0. The molecule has 0 radical (unpaired) electrons. The molecule has 0 unspecified atom stereocenters. The summed E-state index contributed by atoms with van der Waals surface area (Å²) in [6, 6.07) is 0. The summed E-state index contributed by atoms with van der Waals surface area (Å²) in [4.78, 5) is 0. The van der Waals surface area contributed by atoms with Gasteiger partial charge >= 0.3 is 0 Å². The molecule has 2 aliphatic rings. The molecule has 480 valence electrons. The van der Waals surface area contributed by atoms with Gasteiger partial charge in [-0.3, -0.25) is 0 Å². The second kappa shape index (κ2) is 730. The van der Waals surface area contributed by atoms with Gasteiger partial charge in [-0.15, -0.1) is 0 Å². The Labute approximate surface area is 470 Å². The topological polar surface area (TPSA) is 0 Å². The summed E-state index contributed by atoms with van der Waals surface area (Å²) < 4.78 is 0. The van der Waals surface area contributed by atoms with E-state index in [1.807, 2.05) is 222 Å². The van der Waals surface area contributed by atoms with E-state index < -0.39 is 0 Å². The molecular weight excluding hydrogens is 817 g/mol. The fourth-order valence-electron chi connectivity index (χ4n) is 4.18. The molecule has 0 aliphatic heterocycles. The molecule has 0 spiro atoms. The van der Waals surface area contributed by atoms with Crippen molar-refractivity contribution in [1.29, 1.82) is 0 Å². The average Bonchev–Trinajstić information content (AvgIpc) is 3.28. The maximum Gasteiger partial charge on any atom is -0.0360 e. The van der Waals surface area contributed by atoms with E-state index in [0.717, 1.165) is 17.8 Å². The summed E-state index contributed by atoms with van der Waals surface area (Å²) in [7, 11) is 0. The van der Waals surface area contributed by atoms with Crippen molar-refractivity contribution >= 4 is 0 Å². The zero-order valence-electron chi connectivity index (χ0n) is 42.5. The van der Waals surface area contributed by atoms with Crippen LogP contribution in [0.1, 0.15) is 455 Å². The van der Waals surface area contributed by atoms with Gasteiger partial charge in [0.1, 0.15) is 0 Å². The van der Waals surface area contributed by atoms with Gasteiger partial charge in [-0.1, -0.05) is 455 Å². The minimum absolute atomic E-state index is 0. The SMILES string of the molecule is C.C.C.C.C.C.C.C.C.C.C.C.C.C.C.C.C.C.C.C.C.CC.CC.CC.CC.CC.CC.CC.CC.CC.CC.CC.CC.CC.CC.CC.CC.CCC(C1CCCCC1)C1CCCCC1. The van der Waals surface area contributed by atoms with E-state index in [1.165, 1.54) is 44.9 Å². The largest absolute Gasteiger partial charge is 0.0776 e. The zero-order chi connectivity index (χ0) is 42.5. The molecule has 0 bridgehead atoms. The maximum atomic E-state index is 2.44. The van der Waals surface area contributed by atoms with E-state index in [4.69, 9.17) is 0 Å². The summed E-state index contributed by atoms with van der Waals surface area (Å²) >= 11 is 0. The third-order valence-corrected chi connectivity index (χ3v) is 4.98. The molecule has 0 heteroatoms. The van der Waals surface area contributed by atoms with Gasteiger partial charge in [-0.25, -0.2) is 0 Å². The lowest BCUT2D eigenvalue weighted by molar-refractivity contribution is 0.139. The quantitative estimate of drug-likeness (QED) is 0.264. The Morgan fingerprint density at radius 3 is 0.353 bits per heavy atom. The highest BCUT2D eigenvalue weighted by Crippen LogP contribution is 2.41. The van der Waals surface area contributed by atoms with Crippen LogP contribution in [-0.4, -0.2) is 0 Å². The Morgan fingerprint density at radius 1 is 0.191 bits per heavy atom. The van der Waals surface area contributed by atoms with E-state index in [1.54, 1.807) is 25.7 Å². The van der Waals surface area contributed by atoms with Crippen LogP contribution in [0.3, 0.4) is 0 Å².